The van der Waals surface area contributed by atoms with Crippen molar-refractivity contribution < 1.29 is 19.1 Å². The Kier molecular flexibility index (Phi) is 6.65. The van der Waals surface area contributed by atoms with Crippen LogP contribution in [0, 0.1) is 5.92 Å². The number of nitrogens with zero attached hydrogens (tertiary/aromatic N) is 2. The first-order valence-corrected chi connectivity index (χ1v) is 11.1. The van der Waals surface area contributed by atoms with Crippen LogP contribution in [0.15, 0.2) is 48.5 Å². The third-order valence-electron chi connectivity index (χ3n) is 6.08. The van der Waals surface area contributed by atoms with Crippen LogP contribution in [0.5, 0.6) is 5.75 Å². The van der Waals surface area contributed by atoms with Gasteiger partial charge in [-0.25, -0.2) is 0 Å². The summed E-state index contributed by atoms with van der Waals surface area (Å²) in [5, 5.41) is 3.55. The van der Waals surface area contributed by atoms with Crippen molar-refractivity contribution >= 4 is 35.0 Å². The van der Waals surface area contributed by atoms with Crippen molar-refractivity contribution in [1.82, 2.24) is 10.2 Å². The molecule has 0 bridgehead atoms. The van der Waals surface area contributed by atoms with Crippen LogP contribution in [0.25, 0.3) is 0 Å². The van der Waals surface area contributed by atoms with Gasteiger partial charge in [0.1, 0.15) is 5.75 Å². The highest BCUT2D eigenvalue weighted by Gasteiger charge is 2.39. The zero-order valence-corrected chi connectivity index (χ0v) is 18.7. The molecule has 0 saturated carbocycles. The molecule has 1 N–H and O–H groups in total. The summed E-state index contributed by atoms with van der Waals surface area (Å²) in [5.41, 5.74) is 1.22. The fourth-order valence-corrected chi connectivity index (χ4v) is 4.51. The van der Waals surface area contributed by atoms with Gasteiger partial charge in [-0.05, 0) is 43.2 Å². The molecule has 1 atom stereocenters. The van der Waals surface area contributed by atoms with Crippen LogP contribution in [0.3, 0.4) is 0 Å². The Morgan fingerprint density at radius 2 is 1.81 bits per heavy atom. The zero-order valence-electron chi connectivity index (χ0n) is 17.9. The molecular formula is C24H26ClN3O4. The lowest BCUT2D eigenvalue weighted by Gasteiger charge is -2.33. The number of halogens is 1. The van der Waals surface area contributed by atoms with E-state index in [1.54, 1.807) is 35.2 Å². The van der Waals surface area contributed by atoms with Crippen molar-refractivity contribution in [2.24, 2.45) is 5.92 Å². The molecule has 2 aromatic rings. The number of anilines is 1. The first-order chi connectivity index (χ1) is 15.5. The number of carbonyl (C=O) groups excluding carboxylic acids is 3. The van der Waals surface area contributed by atoms with Crippen molar-refractivity contribution in [1.29, 1.82) is 0 Å². The monoisotopic (exact) mass is 455 g/mol. The van der Waals surface area contributed by atoms with E-state index < -0.39 is 5.92 Å². The van der Waals surface area contributed by atoms with Crippen LogP contribution in [0.2, 0.25) is 5.02 Å². The van der Waals surface area contributed by atoms with Gasteiger partial charge in [0.05, 0.1) is 18.7 Å². The number of piperidine rings is 1. The number of methoxy groups -OCH3 is 1. The normalized spacial score (nSPS) is 19.2. The van der Waals surface area contributed by atoms with Gasteiger partial charge < -0.3 is 19.9 Å². The third kappa shape index (κ3) is 4.72. The fraction of sp³-hybridized carbons (Fsp3) is 0.375. The molecule has 2 aromatic carbocycles. The predicted molar refractivity (Wildman–Crippen MR) is 122 cm³/mol. The molecule has 3 amide bonds. The summed E-state index contributed by atoms with van der Waals surface area (Å²) in [6.07, 6.45) is 1.55. The number of amides is 3. The summed E-state index contributed by atoms with van der Waals surface area (Å²) in [6, 6.07) is 14.2. The fourth-order valence-electron chi connectivity index (χ4n) is 4.34. The summed E-state index contributed by atoms with van der Waals surface area (Å²) < 4.78 is 5.37. The molecule has 2 fully saturated rings. The number of likely N-dealkylation sites (tertiary alicyclic amines) is 1. The molecule has 32 heavy (non-hydrogen) atoms. The Bertz CT molecular complexity index is 1010. The Balaban J connectivity index is 1.33. The summed E-state index contributed by atoms with van der Waals surface area (Å²) in [5.74, 6) is -0.0843. The summed E-state index contributed by atoms with van der Waals surface area (Å²) in [4.78, 5) is 41.5. The topological polar surface area (TPSA) is 79.0 Å². The lowest BCUT2D eigenvalue weighted by atomic mass is 10.0. The SMILES string of the molecule is COc1ccc(Cl)cc1N1C[C@@H](C(=O)N2CCC(NC(=O)c3ccccc3)CC2)CC1=O. The van der Waals surface area contributed by atoms with Gasteiger partial charge in [0.2, 0.25) is 11.8 Å². The molecule has 0 aliphatic carbocycles. The van der Waals surface area contributed by atoms with Gasteiger partial charge in [-0.1, -0.05) is 29.8 Å². The van der Waals surface area contributed by atoms with E-state index in [0.29, 0.717) is 54.5 Å². The van der Waals surface area contributed by atoms with Crippen molar-refractivity contribution in [3.8, 4) is 5.75 Å². The zero-order chi connectivity index (χ0) is 22.7. The van der Waals surface area contributed by atoms with Crippen LogP contribution in [-0.2, 0) is 9.59 Å². The lowest BCUT2D eigenvalue weighted by Crippen LogP contribution is -2.48. The van der Waals surface area contributed by atoms with Gasteiger partial charge in [-0.2, -0.15) is 0 Å². The molecule has 2 aliphatic heterocycles. The van der Waals surface area contributed by atoms with E-state index in [4.69, 9.17) is 16.3 Å². The maximum atomic E-state index is 13.1. The summed E-state index contributed by atoms with van der Waals surface area (Å²) >= 11 is 6.11. The highest BCUT2D eigenvalue weighted by molar-refractivity contribution is 6.31. The van der Waals surface area contributed by atoms with Gasteiger partial charge in [0, 0.05) is 42.7 Å². The first kappa shape index (κ1) is 22.1. The van der Waals surface area contributed by atoms with E-state index in [1.165, 1.54) is 7.11 Å². The lowest BCUT2D eigenvalue weighted by molar-refractivity contribution is -0.136. The molecule has 0 aromatic heterocycles. The minimum atomic E-state index is -0.401. The first-order valence-electron chi connectivity index (χ1n) is 10.7. The van der Waals surface area contributed by atoms with Crippen molar-refractivity contribution in [2.45, 2.75) is 25.3 Å². The Labute approximate surface area is 192 Å². The average molecular weight is 456 g/mol. The summed E-state index contributed by atoms with van der Waals surface area (Å²) in [6.45, 7) is 1.42. The maximum absolute atomic E-state index is 13.1. The Hall–Kier alpha value is -3.06. The van der Waals surface area contributed by atoms with Crippen molar-refractivity contribution in [3.63, 3.8) is 0 Å². The van der Waals surface area contributed by atoms with Crippen LogP contribution >= 0.6 is 11.6 Å². The van der Waals surface area contributed by atoms with E-state index in [-0.39, 0.29) is 30.2 Å². The molecule has 2 heterocycles. The van der Waals surface area contributed by atoms with Gasteiger partial charge in [0.15, 0.2) is 0 Å². The number of nitrogens with one attached hydrogen (secondary N) is 1. The van der Waals surface area contributed by atoms with Crippen LogP contribution in [0.1, 0.15) is 29.6 Å². The minimum absolute atomic E-state index is 0.0188. The molecular weight excluding hydrogens is 430 g/mol. The van der Waals surface area contributed by atoms with Crippen molar-refractivity contribution in [3.05, 3.63) is 59.1 Å². The van der Waals surface area contributed by atoms with Crippen molar-refractivity contribution in [2.75, 3.05) is 31.6 Å². The molecule has 2 aliphatic rings. The summed E-state index contributed by atoms with van der Waals surface area (Å²) in [7, 11) is 1.54. The van der Waals surface area contributed by atoms with E-state index in [2.05, 4.69) is 5.32 Å². The standard InChI is InChI=1S/C24H26ClN3O4/c1-32-21-8-7-18(25)14-20(21)28-15-17(13-22(28)29)24(31)27-11-9-19(10-12-27)26-23(30)16-5-3-2-4-6-16/h2-8,14,17,19H,9-13,15H2,1H3,(H,26,30)/t17-/m0/s1. The predicted octanol–water partition coefficient (Wildman–Crippen LogP) is 3.12. The maximum Gasteiger partial charge on any atom is 0.251 e. The smallest absolute Gasteiger partial charge is 0.251 e. The van der Waals surface area contributed by atoms with Gasteiger partial charge >= 0.3 is 0 Å². The van der Waals surface area contributed by atoms with E-state index in [1.807, 2.05) is 23.1 Å². The molecule has 2 saturated heterocycles. The number of ether oxygens (including phenoxy) is 1. The minimum Gasteiger partial charge on any atom is -0.495 e. The average Bonchev–Trinajstić information content (AvgIpc) is 3.21. The van der Waals surface area contributed by atoms with E-state index in [9.17, 15) is 14.4 Å². The molecule has 168 valence electrons. The molecule has 0 unspecified atom stereocenters. The number of rotatable bonds is 5. The third-order valence-corrected chi connectivity index (χ3v) is 6.32. The highest BCUT2D eigenvalue weighted by Crippen LogP contribution is 2.35. The van der Waals surface area contributed by atoms with Crippen LogP contribution in [0.4, 0.5) is 5.69 Å². The van der Waals surface area contributed by atoms with Gasteiger partial charge in [0.25, 0.3) is 5.91 Å². The van der Waals surface area contributed by atoms with Gasteiger partial charge in [-0.3, -0.25) is 14.4 Å². The second kappa shape index (κ2) is 9.61. The Morgan fingerprint density at radius 1 is 1.09 bits per heavy atom. The van der Waals surface area contributed by atoms with Crippen LogP contribution < -0.4 is 15.0 Å². The largest absolute Gasteiger partial charge is 0.495 e. The molecule has 0 spiro atoms. The molecule has 8 heteroatoms. The Morgan fingerprint density at radius 3 is 2.50 bits per heavy atom. The van der Waals surface area contributed by atoms with E-state index in [0.717, 1.165) is 0 Å². The quantitative estimate of drug-likeness (QED) is 0.751. The number of hydrogen-bond acceptors (Lipinski definition) is 4. The second-order valence-electron chi connectivity index (χ2n) is 8.16. The molecule has 4 rings (SSSR count). The molecule has 7 nitrogen and oxygen atoms in total. The second-order valence-corrected chi connectivity index (χ2v) is 8.60. The molecule has 0 radical (unpaired) electrons. The highest BCUT2D eigenvalue weighted by atomic mass is 35.5. The number of carbonyl (C=O) groups is 3. The van der Waals surface area contributed by atoms with E-state index >= 15 is 0 Å². The number of benzene rings is 2. The number of hydrogen-bond donors (Lipinski definition) is 1. The van der Waals surface area contributed by atoms with Crippen LogP contribution in [-0.4, -0.2) is 55.4 Å². The van der Waals surface area contributed by atoms with Gasteiger partial charge in [-0.15, -0.1) is 0 Å².